The number of hydrogen-bond donors (Lipinski definition) is 1. The first kappa shape index (κ1) is 10.0. The number of nitrogens with two attached hydrogens (primary N) is 1. The Morgan fingerprint density at radius 1 is 1.33 bits per heavy atom. The summed E-state index contributed by atoms with van der Waals surface area (Å²) in [5, 5.41) is 0. The van der Waals surface area contributed by atoms with Crippen LogP contribution >= 0.6 is 0 Å². The van der Waals surface area contributed by atoms with Gasteiger partial charge in [0.1, 0.15) is 0 Å². The number of rotatable bonds is 2. The topological polar surface area (TPSA) is 29.3 Å². The Morgan fingerprint density at radius 2 is 1.83 bits per heavy atom. The van der Waals surface area contributed by atoms with Crippen molar-refractivity contribution in [1.82, 2.24) is 4.90 Å². The van der Waals surface area contributed by atoms with E-state index in [1.165, 1.54) is 19.6 Å². The minimum Gasteiger partial charge on any atom is -0.325 e. The molecule has 2 heteroatoms. The zero-order valence-electron chi connectivity index (χ0n) is 8.64. The highest BCUT2D eigenvalue weighted by atomic mass is 15.1. The fraction of sp³-hybridized carbons (Fsp3) is 1.00. The Labute approximate surface area is 76.1 Å². The predicted molar refractivity (Wildman–Crippen MR) is 53.1 cm³/mol. The van der Waals surface area contributed by atoms with Crippen molar-refractivity contribution in [2.45, 2.75) is 39.2 Å². The highest BCUT2D eigenvalue weighted by molar-refractivity contribution is 4.85. The SMILES string of the molecule is CC(C)CN1CCC(C)(N)CC1. The summed E-state index contributed by atoms with van der Waals surface area (Å²) in [6.07, 6.45) is 2.30. The zero-order chi connectivity index (χ0) is 9.19. The second-order valence-corrected chi connectivity index (χ2v) is 4.85. The van der Waals surface area contributed by atoms with Crippen LogP contribution in [0.2, 0.25) is 0 Å². The molecule has 0 aliphatic carbocycles. The summed E-state index contributed by atoms with van der Waals surface area (Å²) in [5.74, 6) is 0.784. The van der Waals surface area contributed by atoms with Crippen LogP contribution in [0, 0.1) is 5.92 Å². The molecular weight excluding hydrogens is 148 g/mol. The van der Waals surface area contributed by atoms with E-state index in [1.54, 1.807) is 0 Å². The first-order chi connectivity index (χ1) is 5.49. The van der Waals surface area contributed by atoms with Crippen LogP contribution in [0.25, 0.3) is 0 Å². The Hall–Kier alpha value is -0.0800. The van der Waals surface area contributed by atoms with Crippen molar-refractivity contribution in [3.05, 3.63) is 0 Å². The lowest BCUT2D eigenvalue weighted by Gasteiger charge is -2.37. The van der Waals surface area contributed by atoms with E-state index in [2.05, 4.69) is 25.7 Å². The van der Waals surface area contributed by atoms with Crippen molar-refractivity contribution in [2.24, 2.45) is 11.7 Å². The van der Waals surface area contributed by atoms with Gasteiger partial charge in [-0.15, -0.1) is 0 Å². The van der Waals surface area contributed by atoms with Crippen LogP contribution in [-0.2, 0) is 0 Å². The fourth-order valence-corrected chi connectivity index (χ4v) is 1.76. The highest BCUT2D eigenvalue weighted by Crippen LogP contribution is 2.19. The molecule has 1 saturated heterocycles. The average molecular weight is 170 g/mol. The van der Waals surface area contributed by atoms with Gasteiger partial charge >= 0.3 is 0 Å². The van der Waals surface area contributed by atoms with Crippen molar-refractivity contribution < 1.29 is 0 Å². The standard InChI is InChI=1S/C10H22N2/c1-9(2)8-12-6-4-10(3,11)5-7-12/h9H,4-8,11H2,1-3H3. The Morgan fingerprint density at radius 3 is 2.25 bits per heavy atom. The molecule has 0 bridgehead atoms. The Balaban J connectivity index is 2.27. The lowest BCUT2D eigenvalue weighted by atomic mass is 9.91. The smallest absolute Gasteiger partial charge is 0.0150 e. The van der Waals surface area contributed by atoms with E-state index in [0.717, 1.165) is 18.8 Å². The van der Waals surface area contributed by atoms with Crippen molar-refractivity contribution in [2.75, 3.05) is 19.6 Å². The molecule has 0 radical (unpaired) electrons. The quantitative estimate of drug-likeness (QED) is 0.680. The lowest BCUT2D eigenvalue weighted by molar-refractivity contribution is 0.157. The van der Waals surface area contributed by atoms with Crippen LogP contribution in [0.15, 0.2) is 0 Å². The molecule has 0 saturated carbocycles. The summed E-state index contributed by atoms with van der Waals surface area (Å²) in [4.78, 5) is 2.53. The van der Waals surface area contributed by atoms with E-state index >= 15 is 0 Å². The maximum absolute atomic E-state index is 6.04. The van der Waals surface area contributed by atoms with Gasteiger partial charge in [-0.05, 0) is 38.8 Å². The third-order valence-corrected chi connectivity index (χ3v) is 2.62. The van der Waals surface area contributed by atoms with Crippen molar-refractivity contribution >= 4 is 0 Å². The Kier molecular flexibility index (Phi) is 3.13. The predicted octanol–water partition coefficient (Wildman–Crippen LogP) is 1.46. The molecule has 2 nitrogen and oxygen atoms in total. The molecule has 0 amide bonds. The molecule has 1 aliphatic heterocycles. The highest BCUT2D eigenvalue weighted by Gasteiger charge is 2.25. The largest absolute Gasteiger partial charge is 0.325 e. The maximum Gasteiger partial charge on any atom is 0.0150 e. The summed E-state index contributed by atoms with van der Waals surface area (Å²) < 4.78 is 0. The molecule has 1 fully saturated rings. The van der Waals surface area contributed by atoms with Crippen molar-refractivity contribution in [1.29, 1.82) is 0 Å². The van der Waals surface area contributed by atoms with Gasteiger partial charge in [0.2, 0.25) is 0 Å². The summed E-state index contributed by atoms with van der Waals surface area (Å²) in [6.45, 7) is 10.3. The van der Waals surface area contributed by atoms with Gasteiger partial charge in [0.15, 0.2) is 0 Å². The molecule has 72 valence electrons. The van der Waals surface area contributed by atoms with Crippen LogP contribution in [0.1, 0.15) is 33.6 Å². The first-order valence-corrected chi connectivity index (χ1v) is 5.01. The van der Waals surface area contributed by atoms with E-state index in [4.69, 9.17) is 5.73 Å². The second-order valence-electron chi connectivity index (χ2n) is 4.85. The van der Waals surface area contributed by atoms with E-state index in [0.29, 0.717) is 0 Å². The molecule has 1 heterocycles. The van der Waals surface area contributed by atoms with Crippen LogP contribution in [0.3, 0.4) is 0 Å². The van der Waals surface area contributed by atoms with E-state index in [1.807, 2.05) is 0 Å². The molecule has 0 unspecified atom stereocenters. The molecule has 0 aromatic heterocycles. The van der Waals surface area contributed by atoms with E-state index in [-0.39, 0.29) is 5.54 Å². The Bertz CT molecular complexity index is 131. The molecule has 12 heavy (non-hydrogen) atoms. The number of likely N-dealkylation sites (tertiary alicyclic amines) is 1. The number of nitrogens with zero attached hydrogens (tertiary/aromatic N) is 1. The molecule has 0 spiro atoms. The molecule has 2 N–H and O–H groups in total. The van der Waals surface area contributed by atoms with Gasteiger partial charge in [-0.3, -0.25) is 0 Å². The maximum atomic E-state index is 6.04. The zero-order valence-corrected chi connectivity index (χ0v) is 8.64. The monoisotopic (exact) mass is 170 g/mol. The molecule has 1 aliphatic rings. The summed E-state index contributed by atoms with van der Waals surface area (Å²) in [7, 11) is 0. The number of hydrogen-bond acceptors (Lipinski definition) is 2. The van der Waals surface area contributed by atoms with Gasteiger partial charge in [0, 0.05) is 12.1 Å². The molecule has 0 atom stereocenters. The lowest BCUT2D eigenvalue weighted by Crippen LogP contribution is -2.48. The third kappa shape index (κ3) is 3.11. The van der Waals surface area contributed by atoms with Crippen LogP contribution in [-0.4, -0.2) is 30.1 Å². The van der Waals surface area contributed by atoms with Crippen LogP contribution in [0.5, 0.6) is 0 Å². The molecule has 0 aromatic carbocycles. The van der Waals surface area contributed by atoms with Gasteiger partial charge in [-0.1, -0.05) is 13.8 Å². The van der Waals surface area contributed by atoms with Gasteiger partial charge in [-0.25, -0.2) is 0 Å². The fourth-order valence-electron chi connectivity index (χ4n) is 1.76. The average Bonchev–Trinajstić information content (AvgIpc) is 1.93. The summed E-state index contributed by atoms with van der Waals surface area (Å²) in [5.41, 5.74) is 6.15. The van der Waals surface area contributed by atoms with Gasteiger partial charge in [0.05, 0.1) is 0 Å². The van der Waals surface area contributed by atoms with Gasteiger partial charge in [-0.2, -0.15) is 0 Å². The molecule has 0 aromatic rings. The first-order valence-electron chi connectivity index (χ1n) is 5.01. The van der Waals surface area contributed by atoms with Crippen molar-refractivity contribution in [3.63, 3.8) is 0 Å². The third-order valence-electron chi connectivity index (χ3n) is 2.62. The second kappa shape index (κ2) is 3.75. The van der Waals surface area contributed by atoms with E-state index < -0.39 is 0 Å². The van der Waals surface area contributed by atoms with Crippen LogP contribution < -0.4 is 5.73 Å². The van der Waals surface area contributed by atoms with Crippen LogP contribution in [0.4, 0.5) is 0 Å². The molecular formula is C10H22N2. The van der Waals surface area contributed by atoms with Gasteiger partial charge in [0.25, 0.3) is 0 Å². The van der Waals surface area contributed by atoms with Crippen molar-refractivity contribution in [3.8, 4) is 0 Å². The minimum absolute atomic E-state index is 0.105. The molecule has 1 rings (SSSR count). The van der Waals surface area contributed by atoms with E-state index in [9.17, 15) is 0 Å². The normalized spacial score (nSPS) is 24.8. The minimum atomic E-state index is 0.105. The summed E-state index contributed by atoms with van der Waals surface area (Å²) in [6, 6.07) is 0. The summed E-state index contributed by atoms with van der Waals surface area (Å²) >= 11 is 0. The van der Waals surface area contributed by atoms with Gasteiger partial charge < -0.3 is 10.6 Å². The number of piperidine rings is 1.